The van der Waals surface area contributed by atoms with Crippen molar-refractivity contribution in [2.24, 2.45) is 0 Å². The van der Waals surface area contributed by atoms with Gasteiger partial charge in [-0.2, -0.15) is 0 Å². The number of thioether (sulfide) groups is 1. The molecule has 3 nitrogen and oxygen atoms in total. The first-order valence-corrected chi connectivity index (χ1v) is 8.10. The summed E-state index contributed by atoms with van der Waals surface area (Å²) in [4.78, 5) is 17.1. The third-order valence-corrected chi connectivity index (χ3v) is 4.12. The van der Waals surface area contributed by atoms with Crippen LogP contribution < -0.4 is 5.32 Å². The number of aromatic nitrogens is 1. The van der Waals surface area contributed by atoms with Crippen LogP contribution >= 0.6 is 27.7 Å². The molecule has 1 aromatic heterocycles. The molecule has 0 saturated heterocycles. The zero-order chi connectivity index (χ0) is 14.2. The molecule has 0 radical (unpaired) electrons. The Morgan fingerprint density at radius 3 is 2.80 bits per heavy atom. The van der Waals surface area contributed by atoms with Crippen molar-refractivity contribution in [3.8, 4) is 0 Å². The molecule has 0 aliphatic heterocycles. The van der Waals surface area contributed by atoms with E-state index in [0.29, 0.717) is 12.1 Å². The van der Waals surface area contributed by atoms with Crippen molar-refractivity contribution in [2.45, 2.75) is 11.3 Å². The van der Waals surface area contributed by atoms with E-state index in [1.165, 1.54) is 4.90 Å². The number of carbonyl (C=O) groups excluding carboxylic acids is 1. The molecule has 0 aliphatic rings. The maximum atomic E-state index is 11.9. The highest BCUT2D eigenvalue weighted by molar-refractivity contribution is 9.10. The smallest absolute Gasteiger partial charge is 0.252 e. The quantitative estimate of drug-likeness (QED) is 0.637. The van der Waals surface area contributed by atoms with Crippen molar-refractivity contribution in [1.82, 2.24) is 10.3 Å². The van der Waals surface area contributed by atoms with E-state index in [1.54, 1.807) is 30.2 Å². The van der Waals surface area contributed by atoms with Crippen molar-refractivity contribution < 1.29 is 4.79 Å². The fraction of sp³-hybridized carbons (Fsp3) is 0.200. The van der Waals surface area contributed by atoms with Gasteiger partial charge in [0.1, 0.15) is 0 Å². The Kier molecular flexibility index (Phi) is 6.08. The number of pyridine rings is 1. The number of rotatable bonds is 6. The predicted molar refractivity (Wildman–Crippen MR) is 86.1 cm³/mol. The Hall–Kier alpha value is -1.33. The molecule has 0 atom stereocenters. The van der Waals surface area contributed by atoms with E-state index in [-0.39, 0.29) is 5.91 Å². The molecule has 5 heteroatoms. The van der Waals surface area contributed by atoms with Gasteiger partial charge in [-0.05, 0) is 46.3 Å². The van der Waals surface area contributed by atoms with Crippen LogP contribution in [0.3, 0.4) is 0 Å². The first-order valence-electron chi connectivity index (χ1n) is 6.32. The van der Waals surface area contributed by atoms with Crippen LogP contribution in [0.1, 0.15) is 16.8 Å². The largest absolute Gasteiger partial charge is 0.352 e. The average molecular weight is 351 g/mol. The van der Waals surface area contributed by atoms with E-state index in [9.17, 15) is 4.79 Å². The summed E-state index contributed by atoms with van der Waals surface area (Å²) >= 11 is 5.10. The van der Waals surface area contributed by atoms with Crippen molar-refractivity contribution in [3.05, 3.63) is 58.8 Å². The van der Waals surface area contributed by atoms with Gasteiger partial charge in [0, 0.05) is 28.3 Å². The molecule has 0 saturated carbocycles. The van der Waals surface area contributed by atoms with Gasteiger partial charge in [-0.25, -0.2) is 0 Å². The molecule has 0 aliphatic carbocycles. The Balaban J connectivity index is 1.67. The molecule has 0 spiro atoms. The molecule has 1 heterocycles. The van der Waals surface area contributed by atoms with Crippen molar-refractivity contribution in [3.63, 3.8) is 0 Å². The van der Waals surface area contributed by atoms with Crippen LogP contribution in [0.4, 0.5) is 0 Å². The van der Waals surface area contributed by atoms with E-state index in [2.05, 4.69) is 38.4 Å². The van der Waals surface area contributed by atoms with Gasteiger partial charge in [-0.3, -0.25) is 9.78 Å². The van der Waals surface area contributed by atoms with Crippen LogP contribution in [0.2, 0.25) is 0 Å². The molecule has 0 unspecified atom stereocenters. The van der Waals surface area contributed by atoms with Gasteiger partial charge >= 0.3 is 0 Å². The molecular weight excluding hydrogens is 336 g/mol. The van der Waals surface area contributed by atoms with Crippen molar-refractivity contribution in [2.75, 3.05) is 12.3 Å². The van der Waals surface area contributed by atoms with E-state index in [1.807, 2.05) is 18.2 Å². The average Bonchev–Trinajstić information content (AvgIpc) is 2.48. The molecule has 1 aromatic carbocycles. The zero-order valence-corrected chi connectivity index (χ0v) is 13.3. The van der Waals surface area contributed by atoms with Crippen LogP contribution in [0.25, 0.3) is 0 Å². The van der Waals surface area contributed by atoms with E-state index >= 15 is 0 Å². The summed E-state index contributed by atoms with van der Waals surface area (Å²) in [5, 5.41) is 2.90. The van der Waals surface area contributed by atoms with Gasteiger partial charge in [0.05, 0.1) is 5.56 Å². The summed E-state index contributed by atoms with van der Waals surface area (Å²) in [7, 11) is 0. The topological polar surface area (TPSA) is 42.0 Å². The van der Waals surface area contributed by atoms with Crippen molar-refractivity contribution in [1.29, 1.82) is 0 Å². The normalized spacial score (nSPS) is 10.2. The van der Waals surface area contributed by atoms with Gasteiger partial charge in [-0.1, -0.05) is 18.2 Å². The number of nitrogens with zero attached hydrogens (tertiary/aromatic N) is 1. The maximum absolute atomic E-state index is 11.9. The summed E-state index contributed by atoms with van der Waals surface area (Å²) < 4.78 is 0.810. The second kappa shape index (κ2) is 8.07. The van der Waals surface area contributed by atoms with E-state index in [4.69, 9.17) is 0 Å². The summed E-state index contributed by atoms with van der Waals surface area (Å²) in [5.41, 5.74) is 0.579. The fourth-order valence-electron chi connectivity index (χ4n) is 1.62. The third kappa shape index (κ3) is 4.98. The number of hydrogen-bond donors (Lipinski definition) is 1. The standard InChI is InChI=1S/C15H15BrN2OS/c16-13-9-12(10-17-11-13)15(19)18-7-4-8-20-14-5-2-1-3-6-14/h1-3,5-6,9-11H,4,7-8H2,(H,18,19). The molecule has 0 bridgehead atoms. The van der Waals surface area contributed by atoms with Gasteiger partial charge in [-0.15, -0.1) is 11.8 Å². The minimum atomic E-state index is -0.0801. The SMILES string of the molecule is O=C(NCCCSc1ccccc1)c1cncc(Br)c1. The van der Waals surface area contributed by atoms with E-state index in [0.717, 1.165) is 16.6 Å². The minimum absolute atomic E-state index is 0.0801. The molecular formula is C15H15BrN2OS. The molecule has 104 valence electrons. The lowest BCUT2D eigenvalue weighted by molar-refractivity contribution is 0.0953. The molecule has 1 N–H and O–H groups in total. The van der Waals surface area contributed by atoms with Crippen LogP contribution in [0.15, 0.2) is 58.2 Å². The monoisotopic (exact) mass is 350 g/mol. The Morgan fingerprint density at radius 2 is 2.05 bits per heavy atom. The number of amides is 1. The third-order valence-electron chi connectivity index (χ3n) is 2.59. The first-order chi connectivity index (χ1) is 9.75. The number of nitrogens with one attached hydrogen (secondary N) is 1. The molecule has 20 heavy (non-hydrogen) atoms. The van der Waals surface area contributed by atoms with Crippen LogP contribution in [0, 0.1) is 0 Å². The Labute approximate surface area is 131 Å². The number of benzene rings is 1. The Morgan fingerprint density at radius 1 is 1.25 bits per heavy atom. The molecule has 2 aromatic rings. The maximum Gasteiger partial charge on any atom is 0.252 e. The molecule has 1 amide bonds. The fourth-order valence-corrected chi connectivity index (χ4v) is 2.86. The van der Waals surface area contributed by atoms with Crippen LogP contribution in [-0.4, -0.2) is 23.2 Å². The number of carbonyl (C=O) groups is 1. The highest BCUT2D eigenvalue weighted by Gasteiger charge is 2.05. The van der Waals surface area contributed by atoms with E-state index < -0.39 is 0 Å². The summed E-state index contributed by atoms with van der Waals surface area (Å²) in [6, 6.07) is 12.0. The second-order valence-corrected chi connectivity index (χ2v) is 6.25. The van der Waals surface area contributed by atoms with Crippen molar-refractivity contribution >= 4 is 33.6 Å². The minimum Gasteiger partial charge on any atom is -0.352 e. The Bertz CT molecular complexity index is 563. The molecule has 0 fully saturated rings. The zero-order valence-electron chi connectivity index (χ0n) is 10.9. The number of halogens is 1. The predicted octanol–water partition coefficient (Wildman–Crippen LogP) is 3.76. The highest BCUT2D eigenvalue weighted by atomic mass is 79.9. The van der Waals surface area contributed by atoms with Gasteiger partial charge in [0.2, 0.25) is 0 Å². The molecule has 2 rings (SSSR count). The van der Waals surface area contributed by atoms with Gasteiger partial charge < -0.3 is 5.32 Å². The van der Waals surface area contributed by atoms with Gasteiger partial charge in [0.25, 0.3) is 5.91 Å². The summed E-state index contributed by atoms with van der Waals surface area (Å²) in [5.74, 6) is 0.907. The van der Waals surface area contributed by atoms with Crippen LogP contribution in [0.5, 0.6) is 0 Å². The summed E-state index contributed by atoms with van der Waals surface area (Å²) in [6.45, 7) is 0.672. The summed E-state index contributed by atoms with van der Waals surface area (Å²) in [6.07, 6.45) is 4.17. The first kappa shape index (κ1) is 15.1. The lowest BCUT2D eigenvalue weighted by atomic mass is 10.2. The highest BCUT2D eigenvalue weighted by Crippen LogP contribution is 2.17. The second-order valence-electron chi connectivity index (χ2n) is 4.16. The van der Waals surface area contributed by atoms with Gasteiger partial charge in [0.15, 0.2) is 0 Å². The lowest BCUT2D eigenvalue weighted by Crippen LogP contribution is -2.24. The van der Waals surface area contributed by atoms with Crippen LogP contribution in [-0.2, 0) is 0 Å². The lowest BCUT2D eigenvalue weighted by Gasteiger charge is -2.05. The number of hydrogen-bond acceptors (Lipinski definition) is 3.